The Labute approximate surface area is 200 Å². The van der Waals surface area contributed by atoms with Gasteiger partial charge < -0.3 is 14.1 Å². The first-order valence-corrected chi connectivity index (χ1v) is 11.7. The fourth-order valence-electron chi connectivity index (χ4n) is 4.62. The first kappa shape index (κ1) is 22.0. The van der Waals surface area contributed by atoms with Crippen LogP contribution in [0.4, 0.5) is 0 Å². The Morgan fingerprint density at radius 3 is 2.56 bits per heavy atom. The minimum atomic E-state index is 0.0369. The molecule has 3 aromatic carbocycles. The van der Waals surface area contributed by atoms with Crippen molar-refractivity contribution in [3.05, 3.63) is 96.2 Å². The molecule has 5 rings (SSSR count). The van der Waals surface area contributed by atoms with Crippen LogP contribution in [0, 0.1) is 5.92 Å². The largest absolute Gasteiger partial charge is 0.497 e. The predicted octanol–water partition coefficient (Wildman–Crippen LogP) is 6.11. The molecule has 5 heteroatoms. The molecule has 0 spiro atoms. The molecule has 1 fully saturated rings. The van der Waals surface area contributed by atoms with E-state index >= 15 is 0 Å². The second-order valence-electron chi connectivity index (χ2n) is 8.73. The molecule has 172 valence electrons. The number of hydrogen-bond acceptors (Lipinski definition) is 4. The molecule has 0 unspecified atom stereocenters. The van der Waals surface area contributed by atoms with Crippen molar-refractivity contribution in [3.63, 3.8) is 0 Å². The van der Waals surface area contributed by atoms with E-state index in [1.807, 2.05) is 53.4 Å². The summed E-state index contributed by atoms with van der Waals surface area (Å²) in [4.78, 5) is 19.9. The molecule has 0 N–H and O–H groups in total. The van der Waals surface area contributed by atoms with Crippen LogP contribution in [0.25, 0.3) is 22.8 Å². The summed E-state index contributed by atoms with van der Waals surface area (Å²) in [7, 11) is 1.64. The van der Waals surface area contributed by atoms with E-state index in [1.54, 1.807) is 13.3 Å². The number of benzene rings is 3. The summed E-state index contributed by atoms with van der Waals surface area (Å²) >= 11 is 0. The molecule has 1 aliphatic heterocycles. The van der Waals surface area contributed by atoms with E-state index in [-0.39, 0.29) is 5.91 Å². The number of nitrogens with zero attached hydrogens (tertiary/aromatic N) is 2. The third-order valence-electron chi connectivity index (χ3n) is 6.52. The minimum Gasteiger partial charge on any atom is -0.497 e. The van der Waals surface area contributed by atoms with Crippen molar-refractivity contribution in [2.45, 2.75) is 19.3 Å². The molecule has 5 nitrogen and oxygen atoms in total. The molecule has 1 aromatic heterocycles. The zero-order valence-corrected chi connectivity index (χ0v) is 19.3. The van der Waals surface area contributed by atoms with Crippen LogP contribution in [-0.2, 0) is 6.42 Å². The van der Waals surface area contributed by atoms with Gasteiger partial charge in [0.15, 0.2) is 5.76 Å². The topological polar surface area (TPSA) is 55.6 Å². The van der Waals surface area contributed by atoms with Crippen LogP contribution in [0.2, 0.25) is 0 Å². The Morgan fingerprint density at radius 1 is 1.00 bits per heavy atom. The molecule has 0 radical (unpaired) electrons. The summed E-state index contributed by atoms with van der Waals surface area (Å²) in [5.74, 6) is 2.48. The number of piperidine rings is 1. The van der Waals surface area contributed by atoms with Gasteiger partial charge in [-0.05, 0) is 55.0 Å². The number of likely N-dealkylation sites (tertiary alicyclic amines) is 1. The van der Waals surface area contributed by atoms with E-state index in [2.05, 4.69) is 35.3 Å². The van der Waals surface area contributed by atoms with Gasteiger partial charge in [-0.2, -0.15) is 0 Å². The molecule has 34 heavy (non-hydrogen) atoms. The van der Waals surface area contributed by atoms with Gasteiger partial charge >= 0.3 is 0 Å². The normalized spacial score (nSPS) is 14.2. The summed E-state index contributed by atoms with van der Waals surface area (Å²) in [6.45, 7) is 1.54. The highest BCUT2D eigenvalue weighted by atomic mass is 16.5. The number of ether oxygens (including phenoxy) is 1. The average Bonchev–Trinajstić information content (AvgIpc) is 3.40. The lowest BCUT2D eigenvalue weighted by molar-refractivity contribution is 0.0691. The Hall–Kier alpha value is -3.86. The number of aromatic nitrogens is 1. The summed E-state index contributed by atoms with van der Waals surface area (Å²) in [6, 6.07) is 25.8. The molecular formula is C29H28N2O3. The summed E-state index contributed by atoms with van der Waals surface area (Å²) in [5.41, 5.74) is 3.59. The van der Waals surface area contributed by atoms with Gasteiger partial charge in [-0.15, -0.1) is 0 Å². The van der Waals surface area contributed by atoms with Crippen LogP contribution in [0.15, 0.2) is 89.5 Å². The van der Waals surface area contributed by atoms with Gasteiger partial charge in [-0.3, -0.25) is 4.79 Å². The number of hydrogen-bond donors (Lipinski definition) is 0. The lowest BCUT2D eigenvalue weighted by Gasteiger charge is -2.32. The van der Waals surface area contributed by atoms with E-state index in [0.29, 0.717) is 28.7 Å². The predicted molar refractivity (Wildman–Crippen MR) is 133 cm³/mol. The first-order chi connectivity index (χ1) is 16.7. The van der Waals surface area contributed by atoms with E-state index in [9.17, 15) is 4.79 Å². The molecular weight excluding hydrogens is 424 g/mol. The molecule has 1 saturated heterocycles. The summed E-state index contributed by atoms with van der Waals surface area (Å²) < 4.78 is 11.4. The molecule has 0 bridgehead atoms. The van der Waals surface area contributed by atoms with Crippen molar-refractivity contribution < 1.29 is 13.9 Å². The van der Waals surface area contributed by atoms with Crippen LogP contribution in [0.5, 0.6) is 5.75 Å². The quantitative estimate of drug-likeness (QED) is 0.354. The van der Waals surface area contributed by atoms with Gasteiger partial charge in [0.05, 0.1) is 18.9 Å². The van der Waals surface area contributed by atoms with Crippen LogP contribution in [-0.4, -0.2) is 36.0 Å². The second kappa shape index (κ2) is 9.96. The molecule has 0 aliphatic carbocycles. The van der Waals surface area contributed by atoms with Crippen LogP contribution in [0.3, 0.4) is 0 Å². The Kier molecular flexibility index (Phi) is 6.43. The summed E-state index contributed by atoms with van der Waals surface area (Å²) in [6.07, 6.45) is 4.80. The fourth-order valence-corrected chi connectivity index (χ4v) is 4.62. The van der Waals surface area contributed by atoms with Crippen LogP contribution < -0.4 is 4.74 Å². The van der Waals surface area contributed by atoms with E-state index < -0.39 is 0 Å². The zero-order valence-electron chi connectivity index (χ0n) is 19.3. The number of carbonyl (C=O) groups excluding carboxylic acids is 1. The van der Waals surface area contributed by atoms with Gasteiger partial charge in [-0.25, -0.2) is 4.98 Å². The van der Waals surface area contributed by atoms with Crippen molar-refractivity contribution in [3.8, 4) is 28.5 Å². The molecule has 2 heterocycles. The van der Waals surface area contributed by atoms with Crippen molar-refractivity contribution in [2.24, 2.45) is 5.92 Å². The smallest absolute Gasteiger partial charge is 0.254 e. The van der Waals surface area contributed by atoms with Gasteiger partial charge in [0, 0.05) is 24.2 Å². The maximum atomic E-state index is 13.5. The Morgan fingerprint density at radius 2 is 1.76 bits per heavy atom. The SMILES string of the molecule is COc1cccc(-c2cnc(-c3ccccc3C(=O)N3CCC(Cc4ccccc4)CC3)o2)c1. The number of oxazole rings is 1. The molecule has 1 amide bonds. The molecule has 0 saturated carbocycles. The number of amides is 1. The van der Waals surface area contributed by atoms with Gasteiger partial charge in [0.1, 0.15) is 5.75 Å². The lowest BCUT2D eigenvalue weighted by atomic mass is 9.90. The van der Waals surface area contributed by atoms with Crippen molar-refractivity contribution in [2.75, 3.05) is 20.2 Å². The standard InChI is InChI=1S/C29H28N2O3/c1-33-24-11-7-10-23(19-24)27-20-30-28(34-27)25-12-5-6-13-26(25)29(32)31-16-14-22(15-17-31)18-21-8-3-2-4-9-21/h2-13,19-20,22H,14-18H2,1H3. The van der Waals surface area contributed by atoms with E-state index in [4.69, 9.17) is 9.15 Å². The number of rotatable bonds is 6. The van der Waals surface area contributed by atoms with E-state index in [1.165, 1.54) is 5.56 Å². The molecule has 1 aliphatic rings. The zero-order chi connectivity index (χ0) is 23.3. The monoisotopic (exact) mass is 452 g/mol. The van der Waals surface area contributed by atoms with Crippen molar-refractivity contribution in [1.29, 1.82) is 0 Å². The highest BCUT2D eigenvalue weighted by Crippen LogP contribution is 2.31. The Bertz CT molecular complexity index is 1260. The first-order valence-electron chi connectivity index (χ1n) is 11.7. The van der Waals surface area contributed by atoms with Gasteiger partial charge in [0.25, 0.3) is 5.91 Å². The minimum absolute atomic E-state index is 0.0369. The fraction of sp³-hybridized carbons (Fsp3) is 0.241. The third-order valence-corrected chi connectivity index (χ3v) is 6.52. The second-order valence-corrected chi connectivity index (χ2v) is 8.73. The third kappa shape index (κ3) is 4.74. The Balaban J connectivity index is 1.31. The van der Waals surface area contributed by atoms with Crippen LogP contribution >= 0.6 is 0 Å². The highest BCUT2D eigenvalue weighted by Gasteiger charge is 2.26. The maximum absolute atomic E-state index is 13.5. The average molecular weight is 453 g/mol. The van der Waals surface area contributed by atoms with E-state index in [0.717, 1.165) is 43.7 Å². The van der Waals surface area contributed by atoms with Gasteiger partial charge in [0.2, 0.25) is 5.89 Å². The summed E-state index contributed by atoms with van der Waals surface area (Å²) in [5, 5.41) is 0. The van der Waals surface area contributed by atoms with Gasteiger partial charge in [-0.1, -0.05) is 54.6 Å². The van der Waals surface area contributed by atoms with Crippen molar-refractivity contribution >= 4 is 5.91 Å². The highest BCUT2D eigenvalue weighted by molar-refractivity contribution is 6.00. The number of methoxy groups -OCH3 is 1. The van der Waals surface area contributed by atoms with Crippen LogP contribution in [0.1, 0.15) is 28.8 Å². The lowest BCUT2D eigenvalue weighted by Crippen LogP contribution is -2.39. The van der Waals surface area contributed by atoms with Crippen molar-refractivity contribution in [1.82, 2.24) is 9.88 Å². The number of carbonyl (C=O) groups is 1. The molecule has 0 atom stereocenters. The maximum Gasteiger partial charge on any atom is 0.254 e. The molecule has 4 aromatic rings.